The molecular weight excluding hydrogens is 350 g/mol. The van der Waals surface area contributed by atoms with Gasteiger partial charge in [0.15, 0.2) is 5.76 Å². The summed E-state index contributed by atoms with van der Waals surface area (Å²) >= 11 is 0. The van der Waals surface area contributed by atoms with E-state index in [0.717, 1.165) is 17.0 Å². The quantitative estimate of drug-likeness (QED) is 0.657. The van der Waals surface area contributed by atoms with Crippen molar-refractivity contribution in [3.63, 3.8) is 0 Å². The van der Waals surface area contributed by atoms with Gasteiger partial charge in [0.1, 0.15) is 5.75 Å². The van der Waals surface area contributed by atoms with Crippen LogP contribution in [-0.2, 0) is 22.1 Å². The number of nitrogens with zero attached hydrogens (tertiary/aromatic N) is 3. The number of hydrogen-bond donors (Lipinski definition) is 0. The largest absolute Gasteiger partial charge is 0.440 e. The van der Waals surface area contributed by atoms with Crippen molar-refractivity contribution in [3.8, 4) is 11.3 Å². The Hall–Kier alpha value is -2.41. The van der Waals surface area contributed by atoms with Gasteiger partial charge in [-0.15, -0.1) is 0 Å². The van der Waals surface area contributed by atoms with Gasteiger partial charge < -0.3 is 8.98 Å². The molecule has 138 valence electrons. The van der Waals surface area contributed by atoms with Gasteiger partial charge in [0, 0.05) is 17.8 Å². The Kier molecular flexibility index (Phi) is 5.00. The van der Waals surface area contributed by atoms with Gasteiger partial charge in [-0.05, 0) is 19.8 Å². The van der Waals surface area contributed by atoms with E-state index in [4.69, 9.17) is 4.42 Å². The van der Waals surface area contributed by atoms with Crippen molar-refractivity contribution in [1.29, 1.82) is 0 Å². The van der Waals surface area contributed by atoms with Crippen LogP contribution in [0, 0.1) is 19.8 Å². The Morgan fingerprint density at radius 2 is 1.85 bits per heavy atom. The second-order valence-electron chi connectivity index (χ2n) is 6.81. The fourth-order valence-electron chi connectivity index (χ4n) is 2.78. The van der Waals surface area contributed by atoms with Crippen LogP contribution in [0.5, 0.6) is 0 Å². The number of sulfone groups is 1. The van der Waals surface area contributed by atoms with Gasteiger partial charge in [0.05, 0.1) is 11.9 Å². The topological polar surface area (TPSA) is 78.0 Å². The molecule has 0 aliphatic rings. The van der Waals surface area contributed by atoms with Crippen LogP contribution in [0.15, 0.2) is 46.1 Å². The lowest BCUT2D eigenvalue weighted by molar-refractivity contribution is 0.472. The van der Waals surface area contributed by atoms with Gasteiger partial charge in [0.25, 0.3) is 0 Å². The first-order chi connectivity index (χ1) is 12.3. The van der Waals surface area contributed by atoms with Crippen LogP contribution in [0.1, 0.15) is 31.1 Å². The molecule has 0 saturated carbocycles. The van der Waals surface area contributed by atoms with Crippen LogP contribution in [0.3, 0.4) is 0 Å². The first-order valence-electron chi connectivity index (χ1n) is 8.54. The van der Waals surface area contributed by atoms with Gasteiger partial charge in [-0.2, -0.15) is 0 Å². The Balaban J connectivity index is 1.91. The number of imidazole rings is 1. The Morgan fingerprint density at radius 3 is 2.50 bits per heavy atom. The Labute approximate surface area is 153 Å². The van der Waals surface area contributed by atoms with Crippen molar-refractivity contribution < 1.29 is 12.8 Å². The summed E-state index contributed by atoms with van der Waals surface area (Å²) in [6.45, 7) is 8.41. The summed E-state index contributed by atoms with van der Waals surface area (Å²) in [6, 6.07) is 9.47. The average molecular weight is 373 g/mol. The predicted molar refractivity (Wildman–Crippen MR) is 99.4 cm³/mol. The standard InChI is InChI=1S/C19H23N3O3S/c1-13(2)11-22-15(4)14(3)21-19(22)26(23,24)12-18-20-10-17(25-18)16-8-6-5-7-9-16/h5-10,13H,11-12H2,1-4H3. The molecule has 0 aliphatic carbocycles. The molecule has 0 spiro atoms. The van der Waals surface area contributed by atoms with E-state index in [1.54, 1.807) is 10.8 Å². The third-order valence-electron chi connectivity index (χ3n) is 4.17. The molecule has 3 rings (SSSR count). The maximum absolute atomic E-state index is 12.9. The average Bonchev–Trinajstić information content (AvgIpc) is 3.15. The van der Waals surface area contributed by atoms with E-state index >= 15 is 0 Å². The van der Waals surface area contributed by atoms with Gasteiger partial charge in [0.2, 0.25) is 20.9 Å². The SMILES string of the molecule is Cc1nc(S(=O)(=O)Cc2ncc(-c3ccccc3)o2)n(CC(C)C)c1C. The number of oxazole rings is 1. The van der Waals surface area contributed by atoms with Gasteiger partial charge in [-0.25, -0.2) is 18.4 Å². The molecule has 0 fully saturated rings. The monoisotopic (exact) mass is 373 g/mol. The lowest BCUT2D eigenvalue weighted by Gasteiger charge is -2.12. The highest BCUT2D eigenvalue weighted by Gasteiger charge is 2.27. The molecule has 0 N–H and O–H groups in total. The molecule has 0 unspecified atom stereocenters. The molecule has 2 aromatic heterocycles. The van der Waals surface area contributed by atoms with Gasteiger partial charge in [-0.1, -0.05) is 44.2 Å². The van der Waals surface area contributed by atoms with Crippen molar-refractivity contribution in [2.45, 2.75) is 45.1 Å². The second kappa shape index (κ2) is 7.07. The minimum Gasteiger partial charge on any atom is -0.440 e. The smallest absolute Gasteiger partial charge is 0.228 e. The third kappa shape index (κ3) is 3.72. The molecule has 0 saturated heterocycles. The third-order valence-corrected chi connectivity index (χ3v) is 5.67. The highest BCUT2D eigenvalue weighted by Crippen LogP contribution is 2.24. The highest BCUT2D eigenvalue weighted by molar-refractivity contribution is 7.90. The zero-order valence-electron chi connectivity index (χ0n) is 15.4. The van der Waals surface area contributed by atoms with Crippen molar-refractivity contribution in [2.24, 2.45) is 5.92 Å². The summed E-state index contributed by atoms with van der Waals surface area (Å²) in [5, 5.41) is 0.0839. The van der Waals surface area contributed by atoms with Crippen LogP contribution in [0.25, 0.3) is 11.3 Å². The number of rotatable bonds is 6. The summed E-state index contributed by atoms with van der Waals surface area (Å²) in [6.07, 6.45) is 1.55. The fourth-order valence-corrected chi connectivity index (χ4v) is 4.19. The molecule has 0 atom stereocenters. The van der Waals surface area contributed by atoms with Gasteiger partial charge in [-0.3, -0.25) is 0 Å². The predicted octanol–water partition coefficient (Wildman–Crippen LogP) is 3.78. The zero-order valence-corrected chi connectivity index (χ0v) is 16.2. The molecule has 1 aromatic carbocycles. The molecule has 26 heavy (non-hydrogen) atoms. The normalized spacial score (nSPS) is 12.0. The summed E-state index contributed by atoms with van der Waals surface area (Å²) in [5.41, 5.74) is 2.45. The van der Waals surface area contributed by atoms with Gasteiger partial charge >= 0.3 is 0 Å². The second-order valence-corrected chi connectivity index (χ2v) is 8.70. The Bertz CT molecular complexity index is 1000. The van der Waals surface area contributed by atoms with Crippen LogP contribution < -0.4 is 0 Å². The van der Waals surface area contributed by atoms with Crippen LogP contribution >= 0.6 is 0 Å². The van der Waals surface area contributed by atoms with E-state index in [1.165, 1.54) is 0 Å². The highest BCUT2D eigenvalue weighted by atomic mass is 32.2. The molecule has 2 heterocycles. The summed E-state index contributed by atoms with van der Waals surface area (Å²) in [4.78, 5) is 8.44. The van der Waals surface area contributed by atoms with E-state index in [9.17, 15) is 8.42 Å². The van der Waals surface area contributed by atoms with Crippen LogP contribution in [0.4, 0.5) is 0 Å². The fraction of sp³-hybridized carbons (Fsp3) is 0.368. The summed E-state index contributed by atoms with van der Waals surface area (Å²) in [7, 11) is -3.66. The molecule has 0 amide bonds. The van der Waals surface area contributed by atoms with E-state index in [1.807, 2.05) is 58.0 Å². The number of aromatic nitrogens is 3. The molecule has 0 radical (unpaired) electrons. The number of hydrogen-bond acceptors (Lipinski definition) is 5. The van der Waals surface area contributed by atoms with Crippen LogP contribution in [0.2, 0.25) is 0 Å². The van der Waals surface area contributed by atoms with Crippen LogP contribution in [-0.4, -0.2) is 23.0 Å². The van der Waals surface area contributed by atoms with Crippen molar-refractivity contribution >= 4 is 9.84 Å². The number of aryl methyl sites for hydroxylation is 1. The van der Waals surface area contributed by atoms with Crippen molar-refractivity contribution in [3.05, 3.63) is 53.8 Å². The first kappa shape index (κ1) is 18.4. The maximum Gasteiger partial charge on any atom is 0.228 e. The molecule has 0 aliphatic heterocycles. The van der Waals surface area contributed by atoms with Crippen molar-refractivity contribution in [2.75, 3.05) is 0 Å². The number of benzene rings is 1. The Morgan fingerprint density at radius 1 is 1.15 bits per heavy atom. The summed E-state index contributed by atoms with van der Waals surface area (Å²) < 4.78 is 33.3. The molecule has 7 heteroatoms. The molecule has 3 aromatic rings. The van der Waals surface area contributed by atoms with E-state index in [-0.39, 0.29) is 16.8 Å². The summed E-state index contributed by atoms with van der Waals surface area (Å²) in [5.74, 6) is 0.711. The first-order valence-corrected chi connectivity index (χ1v) is 10.2. The zero-order chi connectivity index (χ0) is 18.9. The molecular formula is C19H23N3O3S. The minimum atomic E-state index is -3.66. The van der Waals surface area contributed by atoms with E-state index in [2.05, 4.69) is 9.97 Å². The minimum absolute atomic E-state index is 0.0839. The molecule has 0 bridgehead atoms. The maximum atomic E-state index is 12.9. The lowest BCUT2D eigenvalue weighted by Crippen LogP contribution is -2.16. The van der Waals surface area contributed by atoms with E-state index in [0.29, 0.717) is 18.2 Å². The molecule has 6 nitrogen and oxygen atoms in total. The van der Waals surface area contributed by atoms with Crippen molar-refractivity contribution in [1.82, 2.24) is 14.5 Å². The lowest BCUT2D eigenvalue weighted by atomic mass is 10.2. The van der Waals surface area contributed by atoms with E-state index < -0.39 is 9.84 Å².